The summed E-state index contributed by atoms with van der Waals surface area (Å²) in [6.07, 6.45) is 2.45. The van der Waals surface area contributed by atoms with Crippen molar-refractivity contribution in [2.75, 3.05) is 6.54 Å². The van der Waals surface area contributed by atoms with Crippen LogP contribution in [0.25, 0.3) is 5.69 Å². The molecule has 1 aromatic carbocycles. The van der Waals surface area contributed by atoms with E-state index in [0.29, 0.717) is 18.7 Å². The van der Waals surface area contributed by atoms with Gasteiger partial charge in [-0.2, -0.15) is 0 Å². The molecule has 15 heavy (non-hydrogen) atoms. The van der Waals surface area contributed by atoms with Crippen LogP contribution in [-0.4, -0.2) is 26.6 Å². The molecule has 5 heteroatoms. The maximum absolute atomic E-state index is 9.59. The molecular weight excluding hydrogens is 192 g/mol. The van der Waals surface area contributed by atoms with E-state index < -0.39 is 0 Å². The van der Waals surface area contributed by atoms with E-state index in [-0.39, 0.29) is 5.75 Å². The van der Waals surface area contributed by atoms with Gasteiger partial charge in [0.1, 0.15) is 11.4 Å². The van der Waals surface area contributed by atoms with Gasteiger partial charge in [-0.05, 0) is 18.7 Å². The van der Waals surface area contributed by atoms with Crippen molar-refractivity contribution in [3.05, 3.63) is 36.2 Å². The molecule has 0 aliphatic rings. The summed E-state index contributed by atoms with van der Waals surface area (Å²) in [6, 6.07) is 6.98. The lowest BCUT2D eigenvalue weighted by atomic mass is 10.3. The van der Waals surface area contributed by atoms with Crippen molar-refractivity contribution in [2.45, 2.75) is 6.42 Å². The molecule has 0 spiro atoms. The SMILES string of the molecule is NCCc1cn(-c2ccccc2O)nn1. The third-order valence-electron chi connectivity index (χ3n) is 2.07. The average molecular weight is 204 g/mol. The molecule has 2 aromatic rings. The van der Waals surface area contributed by atoms with E-state index in [0.717, 1.165) is 5.69 Å². The zero-order valence-electron chi connectivity index (χ0n) is 8.17. The fourth-order valence-electron chi connectivity index (χ4n) is 1.34. The smallest absolute Gasteiger partial charge is 0.141 e. The van der Waals surface area contributed by atoms with Gasteiger partial charge in [0.25, 0.3) is 0 Å². The zero-order chi connectivity index (χ0) is 10.7. The molecule has 2 rings (SSSR count). The predicted octanol–water partition coefficient (Wildman–Crippen LogP) is 0.474. The van der Waals surface area contributed by atoms with Crippen LogP contribution in [0.3, 0.4) is 0 Å². The van der Waals surface area contributed by atoms with Crippen molar-refractivity contribution in [3.63, 3.8) is 0 Å². The van der Waals surface area contributed by atoms with Crippen molar-refractivity contribution >= 4 is 0 Å². The molecule has 3 N–H and O–H groups in total. The molecule has 0 atom stereocenters. The third kappa shape index (κ3) is 1.97. The summed E-state index contributed by atoms with van der Waals surface area (Å²) in [5.74, 6) is 0.182. The quantitative estimate of drug-likeness (QED) is 0.762. The maximum atomic E-state index is 9.59. The molecule has 1 aromatic heterocycles. The molecular formula is C10H12N4O. The van der Waals surface area contributed by atoms with E-state index in [1.165, 1.54) is 0 Å². The number of aromatic hydroxyl groups is 1. The Bertz CT molecular complexity index is 452. The summed E-state index contributed by atoms with van der Waals surface area (Å²) in [7, 11) is 0. The van der Waals surface area contributed by atoms with Gasteiger partial charge in [0, 0.05) is 6.42 Å². The highest BCUT2D eigenvalue weighted by Crippen LogP contribution is 2.19. The van der Waals surface area contributed by atoms with Gasteiger partial charge in [0.2, 0.25) is 0 Å². The Morgan fingerprint density at radius 1 is 1.33 bits per heavy atom. The normalized spacial score (nSPS) is 10.5. The van der Waals surface area contributed by atoms with E-state index in [1.54, 1.807) is 29.1 Å². The van der Waals surface area contributed by atoms with Crippen molar-refractivity contribution in [2.24, 2.45) is 5.73 Å². The number of benzene rings is 1. The van der Waals surface area contributed by atoms with Crippen LogP contribution in [0.15, 0.2) is 30.5 Å². The minimum atomic E-state index is 0.182. The number of phenolic OH excluding ortho intramolecular Hbond substituents is 1. The van der Waals surface area contributed by atoms with Gasteiger partial charge in [0.15, 0.2) is 0 Å². The van der Waals surface area contributed by atoms with E-state index in [2.05, 4.69) is 10.3 Å². The number of nitrogens with two attached hydrogens (primary N) is 1. The van der Waals surface area contributed by atoms with Gasteiger partial charge < -0.3 is 10.8 Å². The highest BCUT2D eigenvalue weighted by atomic mass is 16.3. The van der Waals surface area contributed by atoms with Gasteiger partial charge in [-0.15, -0.1) is 5.10 Å². The molecule has 0 fully saturated rings. The summed E-state index contributed by atoms with van der Waals surface area (Å²) >= 11 is 0. The van der Waals surface area contributed by atoms with Crippen LogP contribution < -0.4 is 5.73 Å². The molecule has 1 heterocycles. The number of hydrogen-bond donors (Lipinski definition) is 2. The summed E-state index contributed by atoms with van der Waals surface area (Å²) in [5, 5.41) is 17.5. The summed E-state index contributed by atoms with van der Waals surface area (Å²) < 4.78 is 1.54. The molecule has 0 radical (unpaired) electrons. The first-order chi connectivity index (χ1) is 7.31. The molecule has 0 aliphatic heterocycles. The van der Waals surface area contributed by atoms with Crippen molar-refractivity contribution in [3.8, 4) is 11.4 Å². The monoisotopic (exact) mass is 204 g/mol. The van der Waals surface area contributed by atoms with Gasteiger partial charge >= 0.3 is 0 Å². The number of rotatable bonds is 3. The summed E-state index contributed by atoms with van der Waals surface area (Å²) in [5.41, 5.74) is 6.85. The minimum absolute atomic E-state index is 0.182. The lowest BCUT2D eigenvalue weighted by Crippen LogP contribution is -2.02. The second-order valence-electron chi connectivity index (χ2n) is 3.18. The number of hydrogen-bond acceptors (Lipinski definition) is 4. The molecule has 78 valence electrons. The van der Waals surface area contributed by atoms with E-state index in [9.17, 15) is 5.11 Å². The van der Waals surface area contributed by atoms with Crippen molar-refractivity contribution in [1.82, 2.24) is 15.0 Å². The van der Waals surface area contributed by atoms with E-state index in [4.69, 9.17) is 5.73 Å². The number of aromatic nitrogens is 3. The Kier molecular flexibility index (Phi) is 2.64. The van der Waals surface area contributed by atoms with Crippen LogP contribution in [0.2, 0.25) is 0 Å². The lowest BCUT2D eigenvalue weighted by molar-refractivity contribution is 0.470. The van der Waals surface area contributed by atoms with Crippen molar-refractivity contribution in [1.29, 1.82) is 0 Å². The standard InChI is InChI=1S/C10H12N4O/c11-6-5-8-7-14(13-12-8)9-3-1-2-4-10(9)15/h1-4,7,15H,5-6,11H2. The number of phenols is 1. The Balaban J connectivity index is 2.33. The van der Waals surface area contributed by atoms with Crippen LogP contribution >= 0.6 is 0 Å². The topological polar surface area (TPSA) is 77.0 Å². The summed E-state index contributed by atoms with van der Waals surface area (Å²) in [6.45, 7) is 0.541. The highest BCUT2D eigenvalue weighted by molar-refractivity contribution is 5.44. The van der Waals surface area contributed by atoms with Gasteiger partial charge in [0.05, 0.1) is 11.9 Å². The van der Waals surface area contributed by atoms with Crippen LogP contribution in [-0.2, 0) is 6.42 Å². The highest BCUT2D eigenvalue weighted by Gasteiger charge is 2.05. The van der Waals surface area contributed by atoms with Crippen molar-refractivity contribution < 1.29 is 5.11 Å². The molecule has 0 aliphatic carbocycles. The Labute approximate surface area is 87.1 Å². The number of para-hydroxylation sites is 2. The largest absolute Gasteiger partial charge is 0.506 e. The fourth-order valence-corrected chi connectivity index (χ4v) is 1.34. The van der Waals surface area contributed by atoms with Crippen LogP contribution in [0.5, 0.6) is 5.75 Å². The van der Waals surface area contributed by atoms with Crippen LogP contribution in [0.4, 0.5) is 0 Å². The van der Waals surface area contributed by atoms with Crippen LogP contribution in [0.1, 0.15) is 5.69 Å². The second kappa shape index (κ2) is 4.10. The first-order valence-electron chi connectivity index (χ1n) is 4.71. The molecule has 0 bridgehead atoms. The lowest BCUT2D eigenvalue weighted by Gasteiger charge is -2.01. The van der Waals surface area contributed by atoms with Crippen LogP contribution in [0, 0.1) is 0 Å². The molecule has 0 amide bonds. The Morgan fingerprint density at radius 3 is 2.87 bits per heavy atom. The van der Waals surface area contributed by atoms with Gasteiger partial charge in [-0.1, -0.05) is 17.3 Å². The number of nitrogens with zero attached hydrogens (tertiary/aromatic N) is 3. The third-order valence-corrected chi connectivity index (χ3v) is 2.07. The maximum Gasteiger partial charge on any atom is 0.141 e. The minimum Gasteiger partial charge on any atom is -0.506 e. The van der Waals surface area contributed by atoms with E-state index >= 15 is 0 Å². The first-order valence-corrected chi connectivity index (χ1v) is 4.71. The van der Waals surface area contributed by atoms with Gasteiger partial charge in [-0.3, -0.25) is 0 Å². The molecule has 5 nitrogen and oxygen atoms in total. The first kappa shape index (κ1) is 9.67. The molecule has 0 saturated heterocycles. The zero-order valence-corrected chi connectivity index (χ0v) is 8.17. The summed E-state index contributed by atoms with van der Waals surface area (Å²) in [4.78, 5) is 0. The Morgan fingerprint density at radius 2 is 2.13 bits per heavy atom. The Hall–Kier alpha value is -1.88. The average Bonchev–Trinajstić information content (AvgIpc) is 2.68. The van der Waals surface area contributed by atoms with E-state index in [1.807, 2.05) is 6.07 Å². The predicted molar refractivity (Wildman–Crippen MR) is 55.8 cm³/mol. The molecule has 0 saturated carbocycles. The fraction of sp³-hybridized carbons (Fsp3) is 0.200. The second-order valence-corrected chi connectivity index (χ2v) is 3.18. The van der Waals surface area contributed by atoms with Gasteiger partial charge in [-0.25, -0.2) is 4.68 Å². The molecule has 0 unspecified atom stereocenters.